The second-order valence-corrected chi connectivity index (χ2v) is 6.73. The van der Waals surface area contributed by atoms with Crippen LogP contribution < -0.4 is 10.6 Å². The van der Waals surface area contributed by atoms with Gasteiger partial charge in [0.2, 0.25) is 5.91 Å². The van der Waals surface area contributed by atoms with E-state index in [0.29, 0.717) is 5.65 Å². The number of primary amides is 1. The summed E-state index contributed by atoms with van der Waals surface area (Å²) in [5.41, 5.74) is 6.87. The van der Waals surface area contributed by atoms with Gasteiger partial charge in [-0.1, -0.05) is 6.42 Å². The summed E-state index contributed by atoms with van der Waals surface area (Å²) in [7, 11) is 0. The number of aromatic amines is 1. The molecule has 4 heterocycles. The molecular weight excluding hydrogens is 306 g/mol. The van der Waals surface area contributed by atoms with E-state index in [0.717, 1.165) is 63.2 Å². The second-order valence-electron chi connectivity index (χ2n) is 6.73. The molecule has 0 aliphatic carbocycles. The van der Waals surface area contributed by atoms with Crippen molar-refractivity contribution in [3.05, 3.63) is 12.7 Å². The van der Waals surface area contributed by atoms with Gasteiger partial charge in [0.05, 0.1) is 6.33 Å². The fourth-order valence-corrected chi connectivity index (χ4v) is 4.12. The molecule has 0 spiro atoms. The molecule has 2 aromatic rings. The number of rotatable bonds is 3. The number of hydrogen-bond acceptors (Lipinski definition) is 6. The van der Waals surface area contributed by atoms with Crippen molar-refractivity contribution in [2.24, 2.45) is 5.73 Å². The maximum absolute atomic E-state index is 12.3. The normalized spacial score (nSPS) is 21.9. The van der Waals surface area contributed by atoms with Gasteiger partial charge in [-0.25, -0.2) is 15.0 Å². The molecule has 1 amide bonds. The third kappa shape index (κ3) is 2.41. The second kappa shape index (κ2) is 6.01. The number of amides is 1. The van der Waals surface area contributed by atoms with Gasteiger partial charge < -0.3 is 15.6 Å². The number of piperidine rings is 2. The molecule has 128 valence electrons. The van der Waals surface area contributed by atoms with Crippen LogP contribution in [0.5, 0.6) is 0 Å². The minimum atomic E-state index is -0.503. The van der Waals surface area contributed by atoms with Gasteiger partial charge in [0.25, 0.3) is 0 Å². The summed E-state index contributed by atoms with van der Waals surface area (Å²) in [6.45, 7) is 3.46. The number of carbonyl (C=O) groups is 1. The number of hydrogen-bond donors (Lipinski definition) is 2. The van der Waals surface area contributed by atoms with Crippen molar-refractivity contribution in [3.8, 4) is 0 Å². The number of anilines is 1. The van der Waals surface area contributed by atoms with Crippen LogP contribution in [-0.4, -0.2) is 62.5 Å². The number of nitrogens with one attached hydrogen (secondary N) is 1. The molecule has 0 aromatic carbocycles. The average Bonchev–Trinajstić information content (AvgIpc) is 3.11. The highest BCUT2D eigenvalue weighted by Crippen LogP contribution is 2.33. The van der Waals surface area contributed by atoms with E-state index in [1.54, 1.807) is 12.7 Å². The molecule has 0 unspecified atom stereocenters. The lowest BCUT2D eigenvalue weighted by Gasteiger charge is -2.48. The zero-order chi connectivity index (χ0) is 16.6. The van der Waals surface area contributed by atoms with Crippen molar-refractivity contribution in [3.63, 3.8) is 0 Å². The Labute approximate surface area is 140 Å². The van der Waals surface area contributed by atoms with E-state index in [2.05, 4.69) is 29.7 Å². The predicted molar refractivity (Wildman–Crippen MR) is 90.5 cm³/mol. The average molecular weight is 329 g/mol. The van der Waals surface area contributed by atoms with Crippen LogP contribution in [0.1, 0.15) is 32.1 Å². The van der Waals surface area contributed by atoms with Crippen molar-refractivity contribution < 1.29 is 4.79 Å². The van der Waals surface area contributed by atoms with Crippen LogP contribution in [0.4, 0.5) is 5.82 Å². The number of likely N-dealkylation sites (tertiary alicyclic amines) is 1. The smallest absolute Gasteiger partial charge is 0.238 e. The van der Waals surface area contributed by atoms with Crippen molar-refractivity contribution in [2.45, 2.75) is 37.6 Å². The van der Waals surface area contributed by atoms with E-state index < -0.39 is 5.54 Å². The Balaban J connectivity index is 1.56. The minimum Gasteiger partial charge on any atom is -0.368 e. The van der Waals surface area contributed by atoms with E-state index in [4.69, 9.17) is 5.73 Å². The summed E-state index contributed by atoms with van der Waals surface area (Å²) in [5, 5.41) is 0. The summed E-state index contributed by atoms with van der Waals surface area (Å²) in [6.07, 6.45) is 8.20. The lowest BCUT2D eigenvalue weighted by Crippen LogP contribution is -2.63. The molecule has 3 N–H and O–H groups in total. The molecule has 8 heteroatoms. The van der Waals surface area contributed by atoms with Gasteiger partial charge >= 0.3 is 0 Å². The summed E-state index contributed by atoms with van der Waals surface area (Å²) in [5.74, 6) is 0.674. The van der Waals surface area contributed by atoms with E-state index in [1.807, 2.05) is 0 Å². The Morgan fingerprint density at radius 2 is 1.83 bits per heavy atom. The maximum atomic E-state index is 12.3. The largest absolute Gasteiger partial charge is 0.368 e. The van der Waals surface area contributed by atoms with Crippen LogP contribution in [-0.2, 0) is 4.79 Å². The monoisotopic (exact) mass is 329 g/mol. The topological polar surface area (TPSA) is 104 Å². The number of imidazole rings is 1. The van der Waals surface area contributed by atoms with Gasteiger partial charge in [-0.15, -0.1) is 0 Å². The fraction of sp³-hybridized carbons (Fsp3) is 0.625. The molecular formula is C16H23N7O. The first-order valence-corrected chi connectivity index (χ1v) is 8.65. The number of nitrogens with zero attached hydrogens (tertiary/aromatic N) is 5. The number of fused-ring (bicyclic) bond motifs is 1. The van der Waals surface area contributed by atoms with E-state index >= 15 is 0 Å². The third-order valence-corrected chi connectivity index (χ3v) is 5.51. The van der Waals surface area contributed by atoms with Gasteiger partial charge in [0.1, 0.15) is 17.4 Å². The summed E-state index contributed by atoms with van der Waals surface area (Å²) in [4.78, 5) is 32.7. The molecule has 2 fully saturated rings. The van der Waals surface area contributed by atoms with Gasteiger partial charge in [-0.3, -0.25) is 9.69 Å². The number of H-pyrrole nitrogens is 1. The van der Waals surface area contributed by atoms with E-state index in [9.17, 15) is 4.79 Å². The molecule has 0 saturated carbocycles. The predicted octanol–water partition coefficient (Wildman–Crippen LogP) is 0.663. The van der Waals surface area contributed by atoms with Crippen LogP contribution in [0.3, 0.4) is 0 Å². The summed E-state index contributed by atoms with van der Waals surface area (Å²) in [6, 6.07) is 0. The van der Waals surface area contributed by atoms with Crippen LogP contribution in [0.25, 0.3) is 11.2 Å². The van der Waals surface area contributed by atoms with Crippen molar-refractivity contribution in [2.75, 3.05) is 31.1 Å². The van der Waals surface area contributed by atoms with Crippen molar-refractivity contribution in [1.82, 2.24) is 24.8 Å². The third-order valence-electron chi connectivity index (χ3n) is 5.51. The van der Waals surface area contributed by atoms with Gasteiger partial charge in [0.15, 0.2) is 11.5 Å². The highest BCUT2D eigenvalue weighted by atomic mass is 16.1. The van der Waals surface area contributed by atoms with E-state index in [-0.39, 0.29) is 5.91 Å². The fourth-order valence-electron chi connectivity index (χ4n) is 4.12. The Kier molecular flexibility index (Phi) is 3.84. The minimum absolute atomic E-state index is 0.182. The highest BCUT2D eigenvalue weighted by Gasteiger charge is 2.45. The molecule has 4 rings (SSSR count). The van der Waals surface area contributed by atoms with Crippen LogP contribution in [0.2, 0.25) is 0 Å². The molecule has 0 bridgehead atoms. The molecule has 2 aliphatic rings. The standard InChI is InChI=1S/C16H23N7O/c17-15(24)16(23-6-2-1-3-7-23)4-8-22(9-5-16)14-12-13(19-10-18-12)20-11-21-14/h10-11H,1-9H2,(H2,17,24)(H,18,19,20,21). The van der Waals surface area contributed by atoms with Crippen LogP contribution >= 0.6 is 0 Å². The molecule has 2 aliphatic heterocycles. The SMILES string of the molecule is NC(=O)C1(N2CCCCC2)CCN(c2ncnc3nc[nH]c23)CC1. The zero-order valence-corrected chi connectivity index (χ0v) is 13.7. The van der Waals surface area contributed by atoms with Crippen molar-refractivity contribution >= 4 is 22.9 Å². The van der Waals surface area contributed by atoms with Gasteiger partial charge in [-0.2, -0.15) is 0 Å². The summed E-state index contributed by atoms with van der Waals surface area (Å²) < 4.78 is 0. The molecule has 0 atom stereocenters. The summed E-state index contributed by atoms with van der Waals surface area (Å²) >= 11 is 0. The Morgan fingerprint density at radius 3 is 2.54 bits per heavy atom. The first-order valence-electron chi connectivity index (χ1n) is 8.65. The number of aromatic nitrogens is 4. The Hall–Kier alpha value is -2.22. The quantitative estimate of drug-likeness (QED) is 0.857. The first kappa shape index (κ1) is 15.3. The molecule has 24 heavy (non-hydrogen) atoms. The van der Waals surface area contributed by atoms with E-state index in [1.165, 1.54) is 6.42 Å². The molecule has 2 saturated heterocycles. The zero-order valence-electron chi connectivity index (χ0n) is 13.7. The number of nitrogens with two attached hydrogens (primary N) is 1. The highest BCUT2D eigenvalue weighted by molar-refractivity contribution is 5.86. The number of carbonyl (C=O) groups excluding carboxylic acids is 1. The maximum Gasteiger partial charge on any atom is 0.238 e. The molecule has 8 nitrogen and oxygen atoms in total. The molecule has 0 radical (unpaired) electrons. The molecule has 2 aromatic heterocycles. The first-order chi connectivity index (χ1) is 11.7. The van der Waals surface area contributed by atoms with Crippen LogP contribution in [0.15, 0.2) is 12.7 Å². The van der Waals surface area contributed by atoms with Crippen LogP contribution in [0, 0.1) is 0 Å². The lowest BCUT2D eigenvalue weighted by molar-refractivity contribution is -0.132. The Morgan fingerprint density at radius 1 is 1.08 bits per heavy atom. The van der Waals surface area contributed by atoms with Crippen molar-refractivity contribution in [1.29, 1.82) is 0 Å². The lowest BCUT2D eigenvalue weighted by atomic mass is 9.83. The Bertz CT molecular complexity index is 729. The van der Waals surface area contributed by atoms with Gasteiger partial charge in [-0.05, 0) is 38.8 Å². The van der Waals surface area contributed by atoms with Gasteiger partial charge in [0, 0.05) is 13.1 Å².